The molecule has 0 N–H and O–H groups in total. The van der Waals surface area contributed by atoms with Gasteiger partial charge in [0.15, 0.2) is 0 Å². The van der Waals surface area contributed by atoms with Gasteiger partial charge in [0.25, 0.3) is 0 Å². The number of rotatable bonds is 1. The van der Waals surface area contributed by atoms with Gasteiger partial charge in [-0.2, -0.15) is 0 Å². The molecule has 3 atom stereocenters. The molecule has 82 valence electrons. The number of nitrogens with zero attached hydrogens (tertiary/aromatic N) is 1. The van der Waals surface area contributed by atoms with E-state index in [1.807, 2.05) is 0 Å². The summed E-state index contributed by atoms with van der Waals surface area (Å²) in [6.07, 6.45) is 6.14. The van der Waals surface area contributed by atoms with Crippen molar-refractivity contribution in [2.24, 2.45) is 5.92 Å². The molecule has 1 nitrogen and oxygen atoms in total. The number of halogens is 2. The highest BCUT2D eigenvalue weighted by molar-refractivity contribution is 6.20. The van der Waals surface area contributed by atoms with E-state index in [0.29, 0.717) is 11.8 Å². The summed E-state index contributed by atoms with van der Waals surface area (Å²) in [5.41, 5.74) is 0.993. The average molecular weight is 228 g/mol. The molecule has 2 rings (SSSR count). The highest BCUT2D eigenvalue weighted by Gasteiger charge is 2.28. The molecule has 0 saturated heterocycles. The molecular weight excluding hydrogens is 213 g/mol. The highest BCUT2D eigenvalue weighted by Crippen LogP contribution is 2.39. The molecular formula is C12H15ClFN. The zero-order valence-corrected chi connectivity index (χ0v) is 9.54. The molecule has 1 aliphatic rings. The third kappa shape index (κ3) is 2.49. The van der Waals surface area contributed by atoms with E-state index in [-0.39, 0.29) is 11.2 Å². The Morgan fingerprint density at radius 3 is 2.93 bits per heavy atom. The summed E-state index contributed by atoms with van der Waals surface area (Å²) in [6.45, 7) is 2.21. The topological polar surface area (TPSA) is 12.9 Å². The van der Waals surface area contributed by atoms with Crippen LogP contribution in [-0.4, -0.2) is 10.4 Å². The standard InChI is InChI=1S/C12H15ClFN/c1-8-2-3-10(13)5-12(8)9-4-11(14)7-15-6-9/h4,6-8,10,12H,2-3,5H2,1H3. The lowest BCUT2D eigenvalue weighted by molar-refractivity contribution is 0.333. The van der Waals surface area contributed by atoms with E-state index in [1.54, 1.807) is 12.3 Å². The van der Waals surface area contributed by atoms with Gasteiger partial charge in [-0.3, -0.25) is 4.98 Å². The van der Waals surface area contributed by atoms with Gasteiger partial charge in [0, 0.05) is 11.6 Å². The van der Waals surface area contributed by atoms with Crippen LogP contribution in [0.5, 0.6) is 0 Å². The summed E-state index contributed by atoms with van der Waals surface area (Å²) < 4.78 is 13.1. The third-order valence-electron chi connectivity index (χ3n) is 3.29. The van der Waals surface area contributed by atoms with Crippen molar-refractivity contribution in [2.75, 3.05) is 0 Å². The minimum absolute atomic E-state index is 0.231. The maximum atomic E-state index is 13.1. The van der Waals surface area contributed by atoms with Gasteiger partial charge in [0.05, 0.1) is 6.20 Å². The second-order valence-corrected chi connectivity index (χ2v) is 5.05. The first-order valence-electron chi connectivity index (χ1n) is 5.41. The molecule has 1 fully saturated rings. The Kier molecular flexibility index (Phi) is 3.25. The number of alkyl halides is 1. The molecule has 0 bridgehead atoms. The van der Waals surface area contributed by atoms with Crippen LogP contribution in [0.2, 0.25) is 0 Å². The maximum absolute atomic E-state index is 13.1. The zero-order chi connectivity index (χ0) is 10.8. The fourth-order valence-corrected chi connectivity index (χ4v) is 2.68. The molecule has 1 aromatic rings. The lowest BCUT2D eigenvalue weighted by Crippen LogP contribution is -2.21. The smallest absolute Gasteiger partial charge is 0.141 e. The van der Waals surface area contributed by atoms with E-state index in [4.69, 9.17) is 11.6 Å². The lowest BCUT2D eigenvalue weighted by Gasteiger charge is -2.31. The van der Waals surface area contributed by atoms with Crippen molar-refractivity contribution in [3.05, 3.63) is 29.8 Å². The van der Waals surface area contributed by atoms with Crippen LogP contribution in [0.3, 0.4) is 0 Å². The van der Waals surface area contributed by atoms with Crippen LogP contribution in [0, 0.1) is 11.7 Å². The average Bonchev–Trinajstić information content (AvgIpc) is 2.22. The Bertz CT molecular complexity index is 342. The zero-order valence-electron chi connectivity index (χ0n) is 8.79. The van der Waals surface area contributed by atoms with Crippen molar-refractivity contribution in [1.82, 2.24) is 4.98 Å². The van der Waals surface area contributed by atoms with Crippen molar-refractivity contribution in [1.29, 1.82) is 0 Å². The quantitative estimate of drug-likeness (QED) is 0.667. The summed E-state index contributed by atoms with van der Waals surface area (Å²) >= 11 is 6.15. The van der Waals surface area contributed by atoms with Crippen LogP contribution in [-0.2, 0) is 0 Å². The molecule has 1 heterocycles. The molecule has 3 unspecified atom stereocenters. The van der Waals surface area contributed by atoms with Gasteiger partial charge >= 0.3 is 0 Å². The minimum atomic E-state index is -0.253. The van der Waals surface area contributed by atoms with E-state index in [9.17, 15) is 4.39 Å². The summed E-state index contributed by atoms with van der Waals surface area (Å²) in [7, 11) is 0. The Hall–Kier alpha value is -0.630. The molecule has 1 aliphatic carbocycles. The van der Waals surface area contributed by atoms with Crippen LogP contribution in [0.4, 0.5) is 4.39 Å². The second-order valence-electron chi connectivity index (χ2n) is 4.43. The lowest BCUT2D eigenvalue weighted by atomic mass is 9.77. The Labute approximate surface area is 94.7 Å². The fourth-order valence-electron chi connectivity index (χ4n) is 2.37. The molecule has 1 aromatic heterocycles. The molecule has 1 saturated carbocycles. The van der Waals surface area contributed by atoms with Crippen LogP contribution in [0.25, 0.3) is 0 Å². The second kappa shape index (κ2) is 4.48. The van der Waals surface area contributed by atoms with Gasteiger partial charge in [0.1, 0.15) is 5.82 Å². The van der Waals surface area contributed by atoms with E-state index >= 15 is 0 Å². The highest BCUT2D eigenvalue weighted by atomic mass is 35.5. The monoisotopic (exact) mass is 227 g/mol. The van der Waals surface area contributed by atoms with Gasteiger partial charge in [0.2, 0.25) is 0 Å². The van der Waals surface area contributed by atoms with Crippen molar-refractivity contribution < 1.29 is 4.39 Å². The van der Waals surface area contributed by atoms with Crippen molar-refractivity contribution in [3.63, 3.8) is 0 Å². The Morgan fingerprint density at radius 1 is 1.40 bits per heavy atom. The molecule has 0 radical (unpaired) electrons. The first-order valence-corrected chi connectivity index (χ1v) is 5.85. The van der Waals surface area contributed by atoms with Crippen molar-refractivity contribution in [2.45, 2.75) is 37.5 Å². The molecule has 15 heavy (non-hydrogen) atoms. The first kappa shape index (κ1) is 10.9. The molecule has 0 aromatic carbocycles. The molecule has 0 spiro atoms. The SMILES string of the molecule is CC1CCC(Cl)CC1c1cncc(F)c1. The summed E-state index contributed by atoms with van der Waals surface area (Å²) in [5, 5.41) is 0.231. The third-order valence-corrected chi connectivity index (χ3v) is 3.68. The largest absolute Gasteiger partial charge is 0.261 e. The number of hydrogen-bond donors (Lipinski definition) is 0. The Balaban J connectivity index is 2.21. The fraction of sp³-hybridized carbons (Fsp3) is 0.583. The summed E-state index contributed by atoms with van der Waals surface area (Å²) in [5.74, 6) is 0.685. The van der Waals surface area contributed by atoms with E-state index in [2.05, 4.69) is 11.9 Å². The van der Waals surface area contributed by atoms with Crippen LogP contribution in [0.1, 0.15) is 37.7 Å². The predicted molar refractivity (Wildman–Crippen MR) is 59.6 cm³/mol. The van der Waals surface area contributed by atoms with E-state index in [0.717, 1.165) is 24.8 Å². The number of hydrogen-bond acceptors (Lipinski definition) is 1. The van der Waals surface area contributed by atoms with Crippen LogP contribution in [0.15, 0.2) is 18.5 Å². The van der Waals surface area contributed by atoms with Gasteiger partial charge in [-0.05, 0) is 42.7 Å². The van der Waals surface area contributed by atoms with Gasteiger partial charge < -0.3 is 0 Å². The van der Waals surface area contributed by atoms with Crippen molar-refractivity contribution in [3.8, 4) is 0 Å². The predicted octanol–water partition coefficient (Wildman–Crippen LogP) is 3.73. The van der Waals surface area contributed by atoms with E-state index in [1.165, 1.54) is 6.20 Å². The van der Waals surface area contributed by atoms with Gasteiger partial charge in [-0.25, -0.2) is 4.39 Å². The molecule has 3 heteroatoms. The van der Waals surface area contributed by atoms with Crippen molar-refractivity contribution >= 4 is 11.6 Å². The molecule has 0 amide bonds. The summed E-state index contributed by atoms with van der Waals surface area (Å²) in [6, 6.07) is 1.59. The van der Waals surface area contributed by atoms with Crippen LogP contribution >= 0.6 is 11.6 Å². The number of pyridine rings is 1. The maximum Gasteiger partial charge on any atom is 0.141 e. The van der Waals surface area contributed by atoms with Crippen LogP contribution < -0.4 is 0 Å². The first-order chi connectivity index (χ1) is 7.16. The summed E-state index contributed by atoms with van der Waals surface area (Å²) in [4.78, 5) is 3.90. The number of aromatic nitrogens is 1. The van der Waals surface area contributed by atoms with E-state index < -0.39 is 0 Å². The molecule has 0 aliphatic heterocycles. The normalized spacial score (nSPS) is 31.5. The Morgan fingerprint density at radius 2 is 2.20 bits per heavy atom. The van der Waals surface area contributed by atoms with Gasteiger partial charge in [-0.1, -0.05) is 6.92 Å². The minimum Gasteiger partial charge on any atom is -0.261 e. The van der Waals surface area contributed by atoms with Gasteiger partial charge in [-0.15, -0.1) is 11.6 Å².